The highest BCUT2D eigenvalue weighted by Gasteiger charge is 2.34. The third-order valence-electron chi connectivity index (χ3n) is 5.19. The van der Waals surface area contributed by atoms with Crippen LogP contribution in [0.15, 0.2) is 0 Å². The zero-order valence-corrected chi connectivity index (χ0v) is 19.5. The molecule has 0 aromatic heterocycles. The molecule has 0 radical (unpaired) electrons. The van der Waals surface area contributed by atoms with Gasteiger partial charge >= 0.3 is 12.1 Å². The van der Waals surface area contributed by atoms with Crippen molar-refractivity contribution in [1.29, 1.82) is 0 Å². The number of carboxylic acids is 1. The van der Waals surface area contributed by atoms with Crippen LogP contribution < -0.4 is 16.0 Å². The molecule has 0 bridgehead atoms. The van der Waals surface area contributed by atoms with E-state index in [1.54, 1.807) is 25.7 Å². The predicted molar refractivity (Wildman–Crippen MR) is 116 cm³/mol. The van der Waals surface area contributed by atoms with E-state index in [1.165, 1.54) is 0 Å². The second-order valence-electron chi connectivity index (χ2n) is 9.00. The van der Waals surface area contributed by atoms with Crippen LogP contribution in [0.25, 0.3) is 0 Å². The van der Waals surface area contributed by atoms with Crippen LogP contribution in [0, 0.1) is 11.8 Å². The maximum atomic E-state index is 13.1. The zero-order valence-electron chi connectivity index (χ0n) is 19.5. The molecule has 0 aromatic carbocycles. The van der Waals surface area contributed by atoms with Crippen LogP contribution in [0.1, 0.15) is 53.9 Å². The minimum absolute atomic E-state index is 0.0969. The molecule has 2 atom stereocenters. The van der Waals surface area contributed by atoms with E-state index in [0.29, 0.717) is 32.4 Å². The van der Waals surface area contributed by atoms with Crippen molar-refractivity contribution in [1.82, 2.24) is 20.9 Å². The Morgan fingerprint density at radius 1 is 1.06 bits per heavy atom. The quantitative estimate of drug-likeness (QED) is 0.393. The van der Waals surface area contributed by atoms with Crippen LogP contribution in [0.3, 0.4) is 0 Å². The van der Waals surface area contributed by atoms with Crippen molar-refractivity contribution >= 4 is 29.8 Å². The zero-order chi connectivity index (χ0) is 24.5. The van der Waals surface area contributed by atoms with E-state index in [2.05, 4.69) is 16.0 Å². The Labute approximate surface area is 188 Å². The molecule has 1 aliphatic heterocycles. The van der Waals surface area contributed by atoms with E-state index in [0.717, 1.165) is 0 Å². The lowest BCUT2D eigenvalue weighted by molar-refractivity contribution is -0.139. The highest BCUT2D eigenvalue weighted by molar-refractivity contribution is 5.88. The molecule has 4 amide bonds. The van der Waals surface area contributed by atoms with Gasteiger partial charge in [-0.2, -0.15) is 0 Å². The Balaban J connectivity index is 2.58. The largest absolute Gasteiger partial charge is 0.480 e. The minimum Gasteiger partial charge on any atom is -0.480 e. The molecule has 0 aromatic rings. The summed E-state index contributed by atoms with van der Waals surface area (Å²) in [6.07, 6.45) is 0.892. The smallest absolute Gasteiger partial charge is 0.408 e. The molecule has 0 aliphatic carbocycles. The molecule has 1 fully saturated rings. The number of amides is 4. The van der Waals surface area contributed by atoms with Crippen molar-refractivity contribution in [3.05, 3.63) is 0 Å². The van der Waals surface area contributed by atoms with Crippen molar-refractivity contribution in [2.45, 2.75) is 65.5 Å². The molecular weight excluding hydrogens is 420 g/mol. The van der Waals surface area contributed by atoms with Gasteiger partial charge in [-0.05, 0) is 39.5 Å². The highest BCUT2D eigenvalue weighted by Crippen LogP contribution is 2.20. The summed E-state index contributed by atoms with van der Waals surface area (Å²) in [6.45, 7) is 8.95. The van der Waals surface area contributed by atoms with Crippen molar-refractivity contribution in [2.75, 3.05) is 26.2 Å². The first kappa shape index (κ1) is 27.2. The van der Waals surface area contributed by atoms with Crippen LogP contribution in [0.5, 0.6) is 0 Å². The van der Waals surface area contributed by atoms with E-state index in [1.807, 2.05) is 13.8 Å². The Hall–Kier alpha value is -2.85. The monoisotopic (exact) mass is 456 g/mol. The molecule has 1 rings (SSSR count). The number of alkyl carbamates (subject to hydrolysis) is 1. The summed E-state index contributed by atoms with van der Waals surface area (Å²) >= 11 is 0. The average Bonchev–Trinajstić information content (AvgIpc) is 2.72. The van der Waals surface area contributed by atoms with Crippen molar-refractivity contribution in [3.63, 3.8) is 0 Å². The third kappa shape index (κ3) is 9.52. The molecule has 2 unspecified atom stereocenters. The van der Waals surface area contributed by atoms with Gasteiger partial charge in [0.05, 0.1) is 6.54 Å². The number of piperidine rings is 1. The summed E-state index contributed by atoms with van der Waals surface area (Å²) in [5.74, 6) is -2.73. The molecule has 1 aliphatic rings. The molecule has 32 heavy (non-hydrogen) atoms. The number of likely N-dealkylation sites (tertiary alicyclic amines) is 1. The number of nitrogens with one attached hydrogen (secondary N) is 3. The number of carbonyl (C=O) groups is 5. The second-order valence-corrected chi connectivity index (χ2v) is 9.00. The summed E-state index contributed by atoms with van der Waals surface area (Å²) in [5, 5.41) is 15.9. The van der Waals surface area contributed by atoms with Crippen LogP contribution in [0.4, 0.5) is 4.79 Å². The van der Waals surface area contributed by atoms with E-state index >= 15 is 0 Å². The topological polar surface area (TPSA) is 154 Å². The van der Waals surface area contributed by atoms with Gasteiger partial charge < -0.3 is 30.7 Å². The number of ether oxygens (including phenoxy) is 1. The number of hydrogen-bond acceptors (Lipinski definition) is 6. The lowest BCUT2D eigenvalue weighted by Gasteiger charge is -2.35. The predicted octanol–water partition coefficient (Wildman–Crippen LogP) is 0.481. The first-order valence-electron chi connectivity index (χ1n) is 10.9. The maximum Gasteiger partial charge on any atom is 0.408 e. The lowest BCUT2D eigenvalue weighted by atomic mass is 9.93. The number of aliphatic carboxylic acids is 1. The van der Waals surface area contributed by atoms with Gasteiger partial charge in [0, 0.05) is 19.0 Å². The Bertz CT molecular complexity index is 697. The first-order valence-corrected chi connectivity index (χ1v) is 10.9. The van der Waals surface area contributed by atoms with E-state index in [-0.39, 0.29) is 30.2 Å². The Kier molecular flexibility index (Phi) is 10.4. The Morgan fingerprint density at radius 2 is 1.66 bits per heavy atom. The number of rotatable bonds is 9. The first-order chi connectivity index (χ1) is 14.8. The van der Waals surface area contributed by atoms with Gasteiger partial charge in [0.25, 0.3) is 0 Å². The maximum absolute atomic E-state index is 13.1. The number of hydrogen-bond donors (Lipinski definition) is 4. The van der Waals surface area contributed by atoms with Crippen molar-refractivity contribution in [3.8, 4) is 0 Å². The second kappa shape index (κ2) is 12.3. The highest BCUT2D eigenvalue weighted by atomic mass is 16.6. The molecule has 182 valence electrons. The number of carbonyl (C=O) groups excluding carboxylic acids is 4. The molecule has 11 nitrogen and oxygen atoms in total. The SMILES string of the molecule is CCC(C)C(NC(=O)OC(C)(C)C)C(=O)N1CCC(C(=O)NCC(=O)NCC(=O)O)CC1. The number of carboxylic acid groups (broad SMARTS) is 1. The fourth-order valence-corrected chi connectivity index (χ4v) is 3.22. The summed E-state index contributed by atoms with van der Waals surface area (Å²) in [6, 6.07) is -0.724. The van der Waals surface area contributed by atoms with Crippen LogP contribution in [0.2, 0.25) is 0 Å². The van der Waals surface area contributed by atoms with E-state index in [9.17, 15) is 24.0 Å². The summed E-state index contributed by atoms with van der Waals surface area (Å²) in [7, 11) is 0. The average molecular weight is 457 g/mol. The molecule has 1 saturated heterocycles. The molecule has 1 heterocycles. The van der Waals surface area contributed by atoms with Crippen molar-refractivity contribution < 1.29 is 33.8 Å². The van der Waals surface area contributed by atoms with Gasteiger partial charge in [0.1, 0.15) is 18.2 Å². The Morgan fingerprint density at radius 3 is 2.16 bits per heavy atom. The lowest BCUT2D eigenvalue weighted by Crippen LogP contribution is -2.54. The molecule has 11 heteroatoms. The third-order valence-corrected chi connectivity index (χ3v) is 5.19. The summed E-state index contributed by atoms with van der Waals surface area (Å²) in [5.41, 5.74) is -0.677. The van der Waals surface area contributed by atoms with Crippen LogP contribution in [-0.4, -0.2) is 77.6 Å². The van der Waals surface area contributed by atoms with Gasteiger partial charge in [-0.15, -0.1) is 0 Å². The van der Waals surface area contributed by atoms with Gasteiger partial charge in [-0.25, -0.2) is 4.79 Å². The summed E-state index contributed by atoms with van der Waals surface area (Å²) < 4.78 is 5.29. The standard InChI is InChI=1S/C21H36N4O7/c1-6-13(2)17(24-20(31)32-21(3,4)5)19(30)25-9-7-14(8-10-25)18(29)23-11-15(26)22-12-16(27)28/h13-14,17H,6-12H2,1-5H3,(H,22,26)(H,23,29)(H,24,31)(H,27,28). The number of nitrogens with zero attached hydrogens (tertiary/aromatic N) is 1. The van der Waals surface area contributed by atoms with E-state index < -0.39 is 36.2 Å². The summed E-state index contributed by atoms with van der Waals surface area (Å²) in [4.78, 5) is 61.2. The van der Waals surface area contributed by atoms with Gasteiger partial charge in [0.2, 0.25) is 17.7 Å². The molecular formula is C21H36N4O7. The van der Waals surface area contributed by atoms with Gasteiger partial charge in [-0.3, -0.25) is 19.2 Å². The van der Waals surface area contributed by atoms with E-state index in [4.69, 9.17) is 9.84 Å². The minimum atomic E-state index is -1.17. The molecule has 0 spiro atoms. The van der Waals surface area contributed by atoms with Crippen LogP contribution in [-0.2, 0) is 23.9 Å². The fraction of sp³-hybridized carbons (Fsp3) is 0.762. The van der Waals surface area contributed by atoms with Crippen molar-refractivity contribution in [2.24, 2.45) is 11.8 Å². The normalized spacial score (nSPS) is 16.5. The van der Waals surface area contributed by atoms with Gasteiger partial charge in [0.15, 0.2) is 0 Å². The van der Waals surface area contributed by atoms with Gasteiger partial charge in [-0.1, -0.05) is 20.3 Å². The molecule has 4 N–H and O–H groups in total. The molecule has 0 saturated carbocycles. The fourth-order valence-electron chi connectivity index (χ4n) is 3.22. The van der Waals surface area contributed by atoms with Crippen LogP contribution >= 0.6 is 0 Å².